The average Bonchev–Trinajstić information content (AvgIpc) is 2.60. The maximum atomic E-state index is 6.26. The molecule has 0 radical (unpaired) electrons. The summed E-state index contributed by atoms with van der Waals surface area (Å²) < 4.78 is 12.5. The summed E-state index contributed by atoms with van der Waals surface area (Å²) in [5.74, 6) is 0. The number of benzene rings is 2. The maximum absolute atomic E-state index is 6.26. The standard InChI is InChI=1S/C19H24BNO2/c1-4-15-21-19(3,17-11-7-5-8-12-17)16(2)22-20(23-21)18-13-9-6-10-14-18/h5-14,16H,4,15H2,1-3H3. The van der Waals surface area contributed by atoms with Gasteiger partial charge in [0.15, 0.2) is 0 Å². The van der Waals surface area contributed by atoms with Crippen LogP contribution < -0.4 is 5.46 Å². The van der Waals surface area contributed by atoms with E-state index in [1.54, 1.807) is 0 Å². The summed E-state index contributed by atoms with van der Waals surface area (Å²) in [6.07, 6.45) is 1.03. The van der Waals surface area contributed by atoms with Crippen LogP contribution in [0.15, 0.2) is 60.7 Å². The topological polar surface area (TPSA) is 21.7 Å². The molecule has 2 atom stereocenters. The van der Waals surface area contributed by atoms with Crippen molar-refractivity contribution in [3.63, 3.8) is 0 Å². The predicted molar refractivity (Wildman–Crippen MR) is 94.3 cm³/mol. The third-order valence-electron chi connectivity index (χ3n) is 4.72. The molecule has 0 aromatic heterocycles. The second-order valence-corrected chi connectivity index (χ2v) is 6.24. The minimum Gasteiger partial charge on any atom is -0.402 e. The summed E-state index contributed by atoms with van der Waals surface area (Å²) in [5.41, 5.74) is 1.96. The van der Waals surface area contributed by atoms with Crippen molar-refractivity contribution in [1.29, 1.82) is 0 Å². The molecule has 2 aromatic carbocycles. The van der Waals surface area contributed by atoms with Crippen LogP contribution in [0.3, 0.4) is 0 Å². The van der Waals surface area contributed by atoms with E-state index in [9.17, 15) is 0 Å². The number of hydrogen-bond donors (Lipinski definition) is 0. The molecule has 0 bridgehead atoms. The van der Waals surface area contributed by atoms with Gasteiger partial charge in [-0.25, -0.2) is 0 Å². The summed E-state index contributed by atoms with van der Waals surface area (Å²) in [7, 11) is -0.352. The second-order valence-electron chi connectivity index (χ2n) is 6.24. The van der Waals surface area contributed by atoms with Gasteiger partial charge in [0, 0.05) is 6.54 Å². The minimum atomic E-state index is -0.352. The summed E-state index contributed by atoms with van der Waals surface area (Å²) in [5, 5.41) is 2.11. The molecule has 1 saturated heterocycles. The molecular formula is C19H24BNO2. The fraction of sp³-hybridized carbons (Fsp3) is 0.368. The van der Waals surface area contributed by atoms with Crippen molar-refractivity contribution in [2.45, 2.75) is 38.8 Å². The van der Waals surface area contributed by atoms with Crippen LogP contribution in [-0.2, 0) is 14.9 Å². The van der Waals surface area contributed by atoms with Crippen LogP contribution >= 0.6 is 0 Å². The van der Waals surface area contributed by atoms with E-state index in [1.165, 1.54) is 5.56 Å². The van der Waals surface area contributed by atoms with E-state index in [-0.39, 0.29) is 18.8 Å². The molecule has 2 unspecified atom stereocenters. The first kappa shape index (κ1) is 16.3. The van der Waals surface area contributed by atoms with Crippen molar-refractivity contribution in [2.24, 2.45) is 0 Å². The first-order valence-electron chi connectivity index (χ1n) is 8.36. The lowest BCUT2D eigenvalue weighted by Gasteiger charge is -2.50. The second kappa shape index (κ2) is 6.87. The van der Waals surface area contributed by atoms with Gasteiger partial charge in [0.25, 0.3) is 0 Å². The quantitative estimate of drug-likeness (QED) is 0.808. The smallest absolute Gasteiger partial charge is 0.402 e. The molecule has 0 saturated carbocycles. The van der Waals surface area contributed by atoms with Crippen molar-refractivity contribution >= 4 is 12.6 Å². The molecule has 0 aliphatic carbocycles. The first-order chi connectivity index (χ1) is 11.2. The zero-order chi connectivity index (χ0) is 16.3. The lowest BCUT2D eigenvalue weighted by molar-refractivity contribution is -0.224. The van der Waals surface area contributed by atoms with Crippen LogP contribution in [-0.4, -0.2) is 24.8 Å². The largest absolute Gasteiger partial charge is 0.511 e. The van der Waals surface area contributed by atoms with Crippen molar-refractivity contribution in [3.05, 3.63) is 66.2 Å². The maximum Gasteiger partial charge on any atom is 0.511 e. The SMILES string of the molecule is CCCN1OB(c2ccccc2)OC(C)C1(C)c1ccccc1. The molecular weight excluding hydrogens is 285 g/mol. The Kier molecular flexibility index (Phi) is 4.86. The van der Waals surface area contributed by atoms with E-state index >= 15 is 0 Å². The van der Waals surface area contributed by atoms with E-state index < -0.39 is 0 Å². The van der Waals surface area contributed by atoms with Crippen LogP contribution in [0, 0.1) is 0 Å². The van der Waals surface area contributed by atoms with Crippen LogP contribution in [0.2, 0.25) is 0 Å². The van der Waals surface area contributed by atoms with Crippen LogP contribution in [0.25, 0.3) is 0 Å². The van der Waals surface area contributed by atoms with Crippen molar-refractivity contribution < 1.29 is 9.41 Å². The molecule has 23 heavy (non-hydrogen) atoms. The lowest BCUT2D eigenvalue weighted by Crippen LogP contribution is -2.63. The van der Waals surface area contributed by atoms with Gasteiger partial charge >= 0.3 is 7.12 Å². The Labute approximate surface area is 139 Å². The van der Waals surface area contributed by atoms with Gasteiger partial charge in [-0.3, -0.25) is 0 Å². The number of rotatable bonds is 4. The van der Waals surface area contributed by atoms with E-state index in [0.717, 1.165) is 18.4 Å². The lowest BCUT2D eigenvalue weighted by atomic mass is 9.75. The molecule has 0 amide bonds. The molecule has 0 N–H and O–H groups in total. The highest BCUT2D eigenvalue weighted by molar-refractivity contribution is 6.61. The Bertz CT molecular complexity index is 622. The Hall–Kier alpha value is -1.62. The van der Waals surface area contributed by atoms with Gasteiger partial charge in [-0.2, -0.15) is 5.06 Å². The highest BCUT2D eigenvalue weighted by atomic mass is 16.7. The van der Waals surface area contributed by atoms with Gasteiger partial charge in [-0.15, -0.1) is 0 Å². The van der Waals surface area contributed by atoms with Crippen LogP contribution in [0.4, 0.5) is 0 Å². The highest BCUT2D eigenvalue weighted by Gasteiger charge is 2.48. The molecule has 120 valence electrons. The van der Waals surface area contributed by atoms with Gasteiger partial charge < -0.3 is 9.41 Å². The van der Waals surface area contributed by atoms with Crippen LogP contribution in [0.1, 0.15) is 32.8 Å². The zero-order valence-corrected chi connectivity index (χ0v) is 14.1. The normalized spacial score (nSPS) is 25.5. The van der Waals surface area contributed by atoms with Crippen molar-refractivity contribution in [3.8, 4) is 0 Å². The Morgan fingerprint density at radius 1 is 1.04 bits per heavy atom. The van der Waals surface area contributed by atoms with Gasteiger partial charge in [0.1, 0.15) is 0 Å². The Morgan fingerprint density at radius 2 is 1.65 bits per heavy atom. The van der Waals surface area contributed by atoms with E-state index in [4.69, 9.17) is 9.41 Å². The third kappa shape index (κ3) is 3.07. The summed E-state index contributed by atoms with van der Waals surface area (Å²) >= 11 is 0. The first-order valence-corrected chi connectivity index (χ1v) is 8.36. The molecule has 1 fully saturated rings. The summed E-state index contributed by atoms with van der Waals surface area (Å²) in [6, 6.07) is 20.6. The van der Waals surface area contributed by atoms with Gasteiger partial charge in [-0.05, 0) is 31.3 Å². The Morgan fingerprint density at radius 3 is 2.26 bits per heavy atom. The summed E-state index contributed by atoms with van der Waals surface area (Å²) in [6.45, 7) is 7.37. The molecule has 1 aliphatic rings. The molecule has 0 spiro atoms. The fourth-order valence-electron chi connectivity index (χ4n) is 3.16. The van der Waals surface area contributed by atoms with Crippen molar-refractivity contribution in [2.75, 3.05) is 6.54 Å². The molecule has 3 rings (SSSR count). The molecule has 3 nitrogen and oxygen atoms in total. The van der Waals surface area contributed by atoms with Crippen LogP contribution in [0.5, 0.6) is 0 Å². The van der Waals surface area contributed by atoms with E-state index in [0.29, 0.717) is 0 Å². The van der Waals surface area contributed by atoms with Gasteiger partial charge in [-0.1, -0.05) is 67.6 Å². The number of hydrogen-bond acceptors (Lipinski definition) is 3. The van der Waals surface area contributed by atoms with E-state index in [2.05, 4.69) is 50.1 Å². The molecule has 1 heterocycles. The third-order valence-corrected chi connectivity index (χ3v) is 4.72. The van der Waals surface area contributed by atoms with Crippen molar-refractivity contribution in [1.82, 2.24) is 5.06 Å². The van der Waals surface area contributed by atoms with Gasteiger partial charge in [0.05, 0.1) is 11.6 Å². The minimum absolute atomic E-state index is 0.00964. The number of hydroxylamine groups is 2. The molecule has 4 heteroatoms. The highest BCUT2D eigenvalue weighted by Crippen LogP contribution is 2.37. The Balaban J connectivity index is 1.93. The predicted octanol–water partition coefficient (Wildman–Crippen LogP) is 3.36. The summed E-state index contributed by atoms with van der Waals surface area (Å²) in [4.78, 5) is 0. The van der Waals surface area contributed by atoms with E-state index in [1.807, 2.05) is 36.4 Å². The molecule has 1 aliphatic heterocycles. The molecule has 2 aromatic rings. The average molecular weight is 309 g/mol. The van der Waals surface area contributed by atoms with Gasteiger partial charge in [0.2, 0.25) is 0 Å². The zero-order valence-electron chi connectivity index (χ0n) is 14.1. The fourth-order valence-corrected chi connectivity index (χ4v) is 3.16. The monoisotopic (exact) mass is 309 g/mol. The number of nitrogens with zero attached hydrogens (tertiary/aromatic N) is 1.